The smallest absolute Gasteiger partial charge is 0.327 e. The third-order valence-electron chi connectivity index (χ3n) is 3.94. The Hall–Kier alpha value is -2.24. The van der Waals surface area contributed by atoms with Crippen LogP contribution in [0.25, 0.3) is 0 Å². The second-order valence-corrected chi connectivity index (χ2v) is 7.10. The SMILES string of the molecule is CC(N)C(=O)NC(Cc1ccccc1)C(=O)NC(CS)C(=O)NC(CS)C(=O)O. The lowest BCUT2D eigenvalue weighted by atomic mass is 10.0. The van der Waals surface area contributed by atoms with Crippen molar-refractivity contribution >= 4 is 48.9 Å². The van der Waals surface area contributed by atoms with Gasteiger partial charge in [0.2, 0.25) is 17.7 Å². The zero-order chi connectivity index (χ0) is 22.0. The number of thiol groups is 2. The molecule has 11 heteroatoms. The number of amides is 3. The monoisotopic (exact) mass is 442 g/mol. The number of carboxylic acids is 1. The first-order chi connectivity index (χ1) is 13.7. The first kappa shape index (κ1) is 24.8. The standard InChI is InChI=1S/C18H26N4O5S2/c1-10(19)15(23)20-12(7-11-5-3-2-4-6-11)16(24)21-13(8-28)17(25)22-14(9-29)18(26)27/h2-6,10,12-14,28-29H,7-9,19H2,1H3,(H,20,23)(H,21,24)(H,22,25)(H,26,27). The molecule has 0 saturated heterocycles. The molecule has 1 aromatic carbocycles. The third kappa shape index (κ3) is 8.34. The molecule has 0 saturated carbocycles. The van der Waals surface area contributed by atoms with Gasteiger partial charge in [0.15, 0.2) is 0 Å². The summed E-state index contributed by atoms with van der Waals surface area (Å²) in [7, 11) is 0. The predicted octanol–water partition coefficient (Wildman–Crippen LogP) is -1.03. The third-order valence-corrected chi connectivity index (χ3v) is 4.67. The lowest BCUT2D eigenvalue weighted by Crippen LogP contribution is -2.58. The Kier molecular flexibility index (Phi) is 10.6. The van der Waals surface area contributed by atoms with E-state index in [-0.39, 0.29) is 17.9 Å². The maximum Gasteiger partial charge on any atom is 0.327 e. The number of aliphatic carboxylic acids is 1. The van der Waals surface area contributed by atoms with Crippen LogP contribution in [0.2, 0.25) is 0 Å². The minimum atomic E-state index is -1.25. The van der Waals surface area contributed by atoms with Gasteiger partial charge in [-0.15, -0.1) is 0 Å². The molecule has 0 aliphatic heterocycles. The Morgan fingerprint density at radius 3 is 1.86 bits per heavy atom. The minimum absolute atomic E-state index is 0.0736. The van der Waals surface area contributed by atoms with Crippen LogP contribution in [0.15, 0.2) is 30.3 Å². The van der Waals surface area contributed by atoms with E-state index in [0.717, 1.165) is 5.56 Å². The van der Waals surface area contributed by atoms with E-state index in [1.54, 1.807) is 24.3 Å². The lowest BCUT2D eigenvalue weighted by molar-refractivity contribution is -0.141. The van der Waals surface area contributed by atoms with Gasteiger partial charge in [-0.1, -0.05) is 30.3 Å². The highest BCUT2D eigenvalue weighted by Gasteiger charge is 2.29. The molecule has 6 N–H and O–H groups in total. The van der Waals surface area contributed by atoms with Gasteiger partial charge in [-0.25, -0.2) is 4.79 Å². The van der Waals surface area contributed by atoms with E-state index < -0.39 is 47.9 Å². The molecular formula is C18H26N4O5S2. The van der Waals surface area contributed by atoms with Crippen LogP contribution < -0.4 is 21.7 Å². The van der Waals surface area contributed by atoms with Crippen molar-refractivity contribution in [3.8, 4) is 0 Å². The Labute approximate surface area is 180 Å². The first-order valence-corrected chi connectivity index (χ1v) is 10.1. The van der Waals surface area contributed by atoms with Gasteiger partial charge < -0.3 is 26.8 Å². The lowest BCUT2D eigenvalue weighted by Gasteiger charge is -2.24. The van der Waals surface area contributed by atoms with Crippen LogP contribution in [0.1, 0.15) is 12.5 Å². The second-order valence-electron chi connectivity index (χ2n) is 6.37. The number of hydrogen-bond donors (Lipinski definition) is 7. The number of carboxylic acid groups (broad SMARTS) is 1. The average molecular weight is 443 g/mol. The molecule has 0 aliphatic rings. The summed E-state index contributed by atoms with van der Waals surface area (Å²) in [6.07, 6.45) is 0.181. The number of nitrogens with two attached hydrogens (primary N) is 1. The van der Waals surface area contributed by atoms with Crippen molar-refractivity contribution in [1.82, 2.24) is 16.0 Å². The van der Waals surface area contributed by atoms with Gasteiger partial charge >= 0.3 is 5.97 Å². The topological polar surface area (TPSA) is 151 Å². The summed E-state index contributed by atoms with van der Waals surface area (Å²) in [6.45, 7) is 1.49. The summed E-state index contributed by atoms with van der Waals surface area (Å²) in [5, 5.41) is 16.4. The zero-order valence-corrected chi connectivity index (χ0v) is 17.7. The Bertz CT molecular complexity index is 717. The molecule has 29 heavy (non-hydrogen) atoms. The molecule has 0 aliphatic carbocycles. The molecule has 4 atom stereocenters. The number of carbonyl (C=O) groups excluding carboxylic acids is 3. The van der Waals surface area contributed by atoms with Crippen molar-refractivity contribution in [3.05, 3.63) is 35.9 Å². The highest BCUT2D eigenvalue weighted by atomic mass is 32.1. The molecular weight excluding hydrogens is 416 g/mol. The highest BCUT2D eigenvalue weighted by Crippen LogP contribution is 2.05. The van der Waals surface area contributed by atoms with E-state index in [0.29, 0.717) is 0 Å². The molecule has 0 fully saturated rings. The average Bonchev–Trinajstić information content (AvgIpc) is 2.69. The second kappa shape index (κ2) is 12.3. The first-order valence-electron chi connectivity index (χ1n) is 8.84. The van der Waals surface area contributed by atoms with Gasteiger partial charge in [-0.2, -0.15) is 25.3 Å². The van der Waals surface area contributed by atoms with Crippen LogP contribution >= 0.6 is 25.3 Å². The van der Waals surface area contributed by atoms with E-state index in [2.05, 4.69) is 41.2 Å². The fourth-order valence-corrected chi connectivity index (χ4v) is 2.79. The van der Waals surface area contributed by atoms with Crippen molar-refractivity contribution in [2.45, 2.75) is 37.5 Å². The molecule has 0 spiro atoms. The summed E-state index contributed by atoms with van der Waals surface area (Å²) in [4.78, 5) is 48.2. The minimum Gasteiger partial charge on any atom is -0.480 e. The highest BCUT2D eigenvalue weighted by molar-refractivity contribution is 7.80. The van der Waals surface area contributed by atoms with Crippen LogP contribution in [0.5, 0.6) is 0 Å². The van der Waals surface area contributed by atoms with Gasteiger partial charge in [-0.3, -0.25) is 14.4 Å². The Morgan fingerprint density at radius 2 is 1.38 bits per heavy atom. The van der Waals surface area contributed by atoms with Crippen LogP contribution in [0, 0.1) is 0 Å². The van der Waals surface area contributed by atoms with E-state index in [1.807, 2.05) is 6.07 Å². The summed E-state index contributed by atoms with van der Waals surface area (Å²) in [5.41, 5.74) is 6.37. The zero-order valence-electron chi connectivity index (χ0n) is 15.9. The van der Waals surface area contributed by atoms with Crippen molar-refractivity contribution in [1.29, 1.82) is 0 Å². The number of hydrogen-bond acceptors (Lipinski definition) is 7. The number of carbonyl (C=O) groups is 4. The van der Waals surface area contributed by atoms with E-state index in [9.17, 15) is 19.2 Å². The Balaban J connectivity index is 2.90. The van der Waals surface area contributed by atoms with E-state index in [4.69, 9.17) is 10.8 Å². The fraction of sp³-hybridized carbons (Fsp3) is 0.444. The van der Waals surface area contributed by atoms with Crippen molar-refractivity contribution < 1.29 is 24.3 Å². The van der Waals surface area contributed by atoms with E-state index in [1.165, 1.54) is 6.92 Å². The maximum absolute atomic E-state index is 12.8. The van der Waals surface area contributed by atoms with Crippen molar-refractivity contribution in [3.63, 3.8) is 0 Å². The Morgan fingerprint density at radius 1 is 0.897 bits per heavy atom. The maximum atomic E-state index is 12.8. The van der Waals surface area contributed by atoms with Crippen molar-refractivity contribution in [2.75, 3.05) is 11.5 Å². The number of benzene rings is 1. The molecule has 1 aromatic rings. The summed E-state index contributed by atoms with van der Waals surface area (Å²) in [5.74, 6) is -3.29. The van der Waals surface area contributed by atoms with Crippen LogP contribution in [0.4, 0.5) is 0 Å². The predicted molar refractivity (Wildman–Crippen MR) is 115 cm³/mol. The summed E-state index contributed by atoms with van der Waals surface area (Å²) in [6, 6.07) is 4.90. The number of rotatable bonds is 11. The van der Waals surface area contributed by atoms with E-state index >= 15 is 0 Å². The van der Waals surface area contributed by atoms with Gasteiger partial charge in [0.05, 0.1) is 6.04 Å². The normalized spacial score (nSPS) is 14.8. The quantitative estimate of drug-likeness (QED) is 0.218. The molecule has 0 aromatic heterocycles. The van der Waals surface area contributed by atoms with Crippen LogP contribution in [0.3, 0.4) is 0 Å². The molecule has 3 amide bonds. The molecule has 1 rings (SSSR count). The molecule has 9 nitrogen and oxygen atoms in total. The fourth-order valence-electron chi connectivity index (χ4n) is 2.29. The summed E-state index contributed by atoms with van der Waals surface area (Å²) >= 11 is 7.93. The molecule has 160 valence electrons. The molecule has 0 bridgehead atoms. The van der Waals surface area contributed by atoms with Gasteiger partial charge in [0.1, 0.15) is 18.1 Å². The van der Waals surface area contributed by atoms with Gasteiger partial charge in [0.25, 0.3) is 0 Å². The largest absolute Gasteiger partial charge is 0.480 e. The molecule has 0 radical (unpaired) electrons. The molecule has 0 heterocycles. The summed E-state index contributed by atoms with van der Waals surface area (Å²) < 4.78 is 0. The van der Waals surface area contributed by atoms with Crippen LogP contribution in [-0.4, -0.2) is 64.5 Å². The van der Waals surface area contributed by atoms with Crippen molar-refractivity contribution in [2.24, 2.45) is 5.73 Å². The van der Waals surface area contributed by atoms with Crippen LogP contribution in [-0.2, 0) is 25.6 Å². The van der Waals surface area contributed by atoms with Gasteiger partial charge in [-0.05, 0) is 12.5 Å². The molecule has 4 unspecified atom stereocenters. The van der Waals surface area contributed by atoms with Gasteiger partial charge in [0, 0.05) is 17.9 Å². The number of nitrogens with one attached hydrogen (secondary N) is 3.